The zero-order chi connectivity index (χ0) is 12.5. The average molecular weight is 483 g/mol. The number of benzene rings is 2. The van der Waals surface area contributed by atoms with Crippen molar-refractivity contribution in [1.29, 1.82) is 0 Å². The van der Waals surface area contributed by atoms with Gasteiger partial charge in [0.25, 0.3) is 0 Å². The molecular weight excluding hydrogens is 471 g/mol. The van der Waals surface area contributed by atoms with E-state index in [2.05, 4.69) is 0 Å². The summed E-state index contributed by atoms with van der Waals surface area (Å²) >= 11 is 2.36. The van der Waals surface area contributed by atoms with Crippen LogP contribution in [-0.2, 0) is 0 Å². The van der Waals surface area contributed by atoms with Crippen LogP contribution in [0.3, 0.4) is 0 Å². The van der Waals surface area contributed by atoms with Crippen molar-refractivity contribution >= 4 is 53.0 Å². The first kappa shape index (κ1) is 13.6. The van der Waals surface area contributed by atoms with E-state index in [-0.39, 0.29) is 0 Å². The zero-order valence-electron chi connectivity index (χ0n) is 9.20. The molecule has 0 aliphatic rings. The van der Waals surface area contributed by atoms with Gasteiger partial charge in [0, 0.05) is 0 Å². The van der Waals surface area contributed by atoms with Crippen LogP contribution >= 0.6 is 28.6 Å². The molecule has 0 nitrogen and oxygen atoms in total. The summed E-state index contributed by atoms with van der Waals surface area (Å²) in [5.41, 5.74) is 1.16. The molecule has 0 aliphatic carbocycles. The first-order valence-electron chi connectivity index (χ1n) is 5.12. The summed E-state index contributed by atoms with van der Waals surface area (Å²) in [7, 11) is 13.4. The maximum atomic E-state index is 6.68. The third-order valence-electron chi connectivity index (χ3n) is 2.57. The summed E-state index contributed by atoms with van der Waals surface area (Å²) in [5, 5.41) is 0.704. The summed E-state index contributed by atoms with van der Waals surface area (Å²) < 4.78 is 2.14. The predicted octanol–water partition coefficient (Wildman–Crippen LogP) is 3.68. The van der Waals surface area contributed by atoms with Gasteiger partial charge in [-0.05, 0) is 0 Å². The van der Waals surface area contributed by atoms with Crippen molar-refractivity contribution < 1.29 is 0 Å². The minimum atomic E-state index is -3.51. The van der Waals surface area contributed by atoms with Crippen molar-refractivity contribution in [1.82, 2.24) is 0 Å². The first-order chi connectivity index (χ1) is 8.01. The Labute approximate surface area is 118 Å². The molecule has 0 amide bonds. The first-order valence-corrected chi connectivity index (χ1v) is 17.5. The molecule has 4 heteroatoms. The van der Waals surface area contributed by atoms with Gasteiger partial charge in [0.15, 0.2) is 0 Å². The van der Waals surface area contributed by atoms with Crippen LogP contribution in [0.2, 0.25) is 5.02 Å². The van der Waals surface area contributed by atoms with E-state index < -0.39 is 17.9 Å². The van der Waals surface area contributed by atoms with E-state index in [0.717, 1.165) is 12.1 Å². The van der Waals surface area contributed by atoms with Crippen LogP contribution in [0.5, 0.6) is 0 Å². The van der Waals surface area contributed by atoms with Gasteiger partial charge in [-0.3, -0.25) is 0 Å². The van der Waals surface area contributed by atoms with Crippen molar-refractivity contribution in [3.8, 4) is 0 Å². The molecule has 0 heterocycles. The summed E-state index contributed by atoms with van der Waals surface area (Å²) in [4.78, 5) is 0. The molecule has 0 aliphatic heterocycles. The second-order valence-electron chi connectivity index (χ2n) is 3.78. The van der Waals surface area contributed by atoms with Gasteiger partial charge in [0.2, 0.25) is 0 Å². The van der Waals surface area contributed by atoms with Gasteiger partial charge in [-0.1, -0.05) is 0 Å². The zero-order valence-corrected chi connectivity index (χ0v) is 14.9. The molecule has 0 spiro atoms. The number of hydrogen-bond donors (Lipinski definition) is 0. The normalized spacial score (nSPS) is 11.5. The Balaban J connectivity index is 2.49. The van der Waals surface area contributed by atoms with Crippen LogP contribution in [0.4, 0.5) is 0 Å². The standard InChI is InChI=1S/C7H7.C6H4Cl.Bi.2ClH/c1-7-5-3-2-4-6-7;7-6-4-2-1-3-5-6;;;/h2-5H,1H3;2-5H;;2*1H/q;;+2;;/p-2. The van der Waals surface area contributed by atoms with E-state index in [4.69, 9.17) is 28.6 Å². The summed E-state index contributed by atoms with van der Waals surface area (Å²) in [6.07, 6.45) is 0. The van der Waals surface area contributed by atoms with Crippen LogP contribution in [0.15, 0.2) is 48.5 Å². The molecule has 0 atom stereocenters. The fourth-order valence-electron chi connectivity index (χ4n) is 1.65. The number of hydrogen-bond acceptors (Lipinski definition) is 0. The number of rotatable bonds is 2. The second-order valence-corrected chi connectivity index (χ2v) is 22.5. The fraction of sp³-hybridized carbons (Fsp3) is 0.0769. The molecule has 0 saturated heterocycles. The molecule has 2 aromatic rings. The van der Waals surface area contributed by atoms with Gasteiger partial charge in [0.1, 0.15) is 0 Å². The van der Waals surface area contributed by atoms with Gasteiger partial charge >= 0.3 is 119 Å². The third kappa shape index (κ3) is 2.96. The van der Waals surface area contributed by atoms with Crippen LogP contribution in [0.1, 0.15) is 5.56 Å². The van der Waals surface area contributed by atoms with Crippen LogP contribution in [-0.4, -0.2) is 17.9 Å². The summed E-state index contributed by atoms with van der Waals surface area (Å²) in [6, 6.07) is 15.6. The molecule has 17 heavy (non-hydrogen) atoms. The quantitative estimate of drug-likeness (QED) is 0.573. The Bertz CT molecular complexity index is 520. The van der Waals surface area contributed by atoms with Gasteiger partial charge < -0.3 is 0 Å². The molecule has 0 bridgehead atoms. The van der Waals surface area contributed by atoms with Crippen molar-refractivity contribution in [3.63, 3.8) is 0 Å². The van der Waals surface area contributed by atoms with E-state index >= 15 is 0 Å². The van der Waals surface area contributed by atoms with Gasteiger partial charge in [0.05, 0.1) is 0 Å². The Kier molecular flexibility index (Phi) is 4.37. The van der Waals surface area contributed by atoms with E-state index in [1.54, 1.807) is 0 Å². The molecule has 0 aromatic heterocycles. The molecule has 89 valence electrons. The Morgan fingerprint density at radius 2 is 1.47 bits per heavy atom. The SMILES string of the molecule is Cc1cccc[c]1[Bi]([Cl])([Cl])[c]1ccc(Cl)cc1. The van der Waals surface area contributed by atoms with E-state index in [0.29, 0.717) is 5.02 Å². The van der Waals surface area contributed by atoms with Crippen molar-refractivity contribution in [2.45, 2.75) is 6.92 Å². The predicted molar refractivity (Wildman–Crippen MR) is 79.4 cm³/mol. The van der Waals surface area contributed by atoms with Crippen LogP contribution in [0.25, 0.3) is 0 Å². The Hall–Kier alpha value is 0.193. The Morgan fingerprint density at radius 1 is 0.882 bits per heavy atom. The van der Waals surface area contributed by atoms with Crippen molar-refractivity contribution in [2.24, 2.45) is 0 Å². The Morgan fingerprint density at radius 3 is 2.06 bits per heavy atom. The molecule has 0 fully saturated rings. The molecule has 2 rings (SSSR count). The van der Waals surface area contributed by atoms with E-state index in [9.17, 15) is 0 Å². The van der Waals surface area contributed by atoms with Crippen molar-refractivity contribution in [3.05, 3.63) is 59.1 Å². The van der Waals surface area contributed by atoms with Crippen molar-refractivity contribution in [2.75, 3.05) is 0 Å². The van der Waals surface area contributed by atoms with Gasteiger partial charge in [-0.2, -0.15) is 0 Å². The van der Waals surface area contributed by atoms with Gasteiger partial charge in [-0.25, -0.2) is 0 Å². The van der Waals surface area contributed by atoms with Crippen LogP contribution in [0, 0.1) is 6.92 Å². The van der Waals surface area contributed by atoms with E-state index in [1.165, 1.54) is 0 Å². The number of halogens is 3. The molecule has 0 N–H and O–H groups in total. The third-order valence-corrected chi connectivity index (χ3v) is 17.4. The molecule has 2 aromatic carbocycles. The van der Waals surface area contributed by atoms with E-state index in [1.807, 2.05) is 55.5 Å². The average Bonchev–Trinajstić information content (AvgIpc) is 2.30. The fourth-order valence-corrected chi connectivity index (χ4v) is 13.3. The van der Waals surface area contributed by atoms with Crippen LogP contribution < -0.4 is 6.54 Å². The van der Waals surface area contributed by atoms with Gasteiger partial charge in [-0.15, -0.1) is 0 Å². The molecule has 1 radical (unpaired) electrons. The molecule has 0 saturated carbocycles. The topological polar surface area (TPSA) is 0 Å². The molecule has 0 unspecified atom stereocenters. The monoisotopic (exact) mass is 481 g/mol. The summed E-state index contributed by atoms with van der Waals surface area (Å²) in [5.74, 6) is 0. The maximum absolute atomic E-state index is 6.68. The number of aryl methyl sites for hydroxylation is 1. The summed E-state index contributed by atoms with van der Waals surface area (Å²) in [6.45, 7) is 2.04. The second kappa shape index (κ2) is 5.45. The molecular formula is C13H11BiCl3. The minimum absolute atomic E-state index is 0.704.